The number of rotatable bonds is 9. The number of benzene rings is 3. The first kappa shape index (κ1) is 26.9. The van der Waals surface area contributed by atoms with Gasteiger partial charge in [0, 0.05) is 21.8 Å². The first-order chi connectivity index (χ1) is 18.4. The van der Waals surface area contributed by atoms with Gasteiger partial charge in [-0.2, -0.15) is 11.3 Å². The summed E-state index contributed by atoms with van der Waals surface area (Å²) in [5.41, 5.74) is 5.07. The molecule has 1 heterocycles. The molecular weight excluding hydrogens is 514 g/mol. The Labute approximate surface area is 230 Å². The number of aryl methyl sites for hydroxylation is 2. The van der Waals surface area contributed by atoms with Crippen molar-refractivity contribution in [2.45, 2.75) is 18.7 Å². The van der Waals surface area contributed by atoms with E-state index in [4.69, 9.17) is 0 Å². The minimum atomic E-state index is -0.436. The third-order valence-corrected chi connectivity index (χ3v) is 7.37. The van der Waals surface area contributed by atoms with Crippen molar-refractivity contribution in [1.82, 2.24) is 5.32 Å². The first-order valence-corrected chi connectivity index (χ1v) is 13.8. The lowest BCUT2D eigenvalue weighted by molar-refractivity contribution is -0.114. The quantitative estimate of drug-likeness (QED) is 0.167. The van der Waals surface area contributed by atoms with Gasteiger partial charge in [0.05, 0.1) is 5.75 Å². The van der Waals surface area contributed by atoms with Gasteiger partial charge in [-0.15, -0.1) is 11.8 Å². The Kier molecular flexibility index (Phi) is 9.13. The van der Waals surface area contributed by atoms with E-state index in [0.29, 0.717) is 11.3 Å². The molecule has 0 bridgehead atoms. The average molecular weight is 542 g/mol. The minimum Gasteiger partial charge on any atom is -0.325 e. The van der Waals surface area contributed by atoms with E-state index in [2.05, 4.69) is 16.0 Å². The Bertz CT molecular complexity index is 1450. The fourth-order valence-electron chi connectivity index (χ4n) is 3.46. The van der Waals surface area contributed by atoms with Gasteiger partial charge in [-0.1, -0.05) is 24.3 Å². The second-order valence-corrected chi connectivity index (χ2v) is 10.4. The Morgan fingerprint density at radius 3 is 2.26 bits per heavy atom. The number of carbonyl (C=O) groups excluding carboxylic acids is 3. The molecule has 0 saturated carbocycles. The molecule has 4 rings (SSSR count). The van der Waals surface area contributed by atoms with Crippen LogP contribution in [-0.2, 0) is 9.59 Å². The topological polar surface area (TPSA) is 87.3 Å². The van der Waals surface area contributed by atoms with Crippen LogP contribution in [0.4, 0.5) is 11.4 Å². The highest BCUT2D eigenvalue weighted by molar-refractivity contribution is 8.00. The third kappa shape index (κ3) is 7.68. The van der Waals surface area contributed by atoms with E-state index in [1.807, 2.05) is 67.1 Å². The molecule has 8 heteroatoms. The molecule has 6 nitrogen and oxygen atoms in total. The van der Waals surface area contributed by atoms with Crippen LogP contribution in [0.1, 0.15) is 27.0 Å². The number of thiophene rings is 1. The number of carbonyl (C=O) groups is 3. The smallest absolute Gasteiger partial charge is 0.272 e. The second-order valence-electron chi connectivity index (χ2n) is 8.55. The molecule has 4 aromatic rings. The predicted octanol–water partition coefficient (Wildman–Crippen LogP) is 6.51. The van der Waals surface area contributed by atoms with Crippen molar-refractivity contribution in [3.63, 3.8) is 0 Å². The monoisotopic (exact) mass is 541 g/mol. The molecule has 0 radical (unpaired) electrons. The molecule has 3 N–H and O–H groups in total. The van der Waals surface area contributed by atoms with Gasteiger partial charge < -0.3 is 16.0 Å². The SMILES string of the molecule is Cc1ccc(NC(=O)CSc2ccc(NC(=O)/C(=C/c3ccsc3)NC(=O)c3ccccc3)cc2)cc1C. The van der Waals surface area contributed by atoms with Gasteiger partial charge in [0.15, 0.2) is 0 Å². The van der Waals surface area contributed by atoms with E-state index in [1.165, 1.54) is 28.7 Å². The maximum atomic E-state index is 13.1. The van der Waals surface area contributed by atoms with E-state index < -0.39 is 5.91 Å². The summed E-state index contributed by atoms with van der Waals surface area (Å²) in [6.45, 7) is 4.04. The maximum absolute atomic E-state index is 13.1. The Balaban J connectivity index is 1.36. The highest BCUT2D eigenvalue weighted by Gasteiger charge is 2.15. The van der Waals surface area contributed by atoms with Crippen molar-refractivity contribution < 1.29 is 14.4 Å². The van der Waals surface area contributed by atoms with Crippen LogP contribution in [0.3, 0.4) is 0 Å². The summed E-state index contributed by atoms with van der Waals surface area (Å²) >= 11 is 2.91. The molecule has 3 amide bonds. The van der Waals surface area contributed by atoms with Crippen LogP contribution in [0.25, 0.3) is 6.08 Å². The highest BCUT2D eigenvalue weighted by Crippen LogP contribution is 2.22. The molecule has 0 unspecified atom stereocenters. The lowest BCUT2D eigenvalue weighted by Gasteiger charge is -2.12. The van der Waals surface area contributed by atoms with Gasteiger partial charge in [0.1, 0.15) is 5.70 Å². The molecule has 0 aliphatic rings. The Morgan fingerprint density at radius 1 is 0.842 bits per heavy atom. The highest BCUT2D eigenvalue weighted by atomic mass is 32.2. The van der Waals surface area contributed by atoms with Gasteiger partial charge in [0.25, 0.3) is 11.8 Å². The van der Waals surface area contributed by atoms with Crippen molar-refractivity contribution in [2.75, 3.05) is 16.4 Å². The van der Waals surface area contributed by atoms with E-state index in [-0.39, 0.29) is 23.3 Å². The lowest BCUT2D eigenvalue weighted by atomic mass is 10.1. The van der Waals surface area contributed by atoms with Crippen molar-refractivity contribution in [3.8, 4) is 0 Å². The third-order valence-electron chi connectivity index (χ3n) is 5.66. The molecule has 38 heavy (non-hydrogen) atoms. The van der Waals surface area contributed by atoms with Crippen LogP contribution in [-0.4, -0.2) is 23.5 Å². The van der Waals surface area contributed by atoms with Crippen LogP contribution in [0.15, 0.2) is 100 Å². The van der Waals surface area contributed by atoms with Gasteiger partial charge >= 0.3 is 0 Å². The fraction of sp³-hybridized carbons (Fsp3) is 0.100. The Hall–Kier alpha value is -4.14. The second kappa shape index (κ2) is 12.9. The molecule has 0 aliphatic carbocycles. The minimum absolute atomic E-state index is 0.0898. The zero-order valence-electron chi connectivity index (χ0n) is 21.0. The summed E-state index contributed by atoms with van der Waals surface area (Å²) in [5, 5.41) is 12.3. The van der Waals surface area contributed by atoms with Crippen molar-refractivity contribution in [2.24, 2.45) is 0 Å². The molecular formula is C30H27N3O3S2. The molecule has 3 aromatic carbocycles. The van der Waals surface area contributed by atoms with Gasteiger partial charge in [0.2, 0.25) is 5.91 Å². The first-order valence-electron chi connectivity index (χ1n) is 11.9. The van der Waals surface area contributed by atoms with Crippen LogP contribution in [0.2, 0.25) is 0 Å². The number of nitrogens with one attached hydrogen (secondary N) is 3. The zero-order chi connectivity index (χ0) is 26.9. The number of hydrogen-bond donors (Lipinski definition) is 3. The summed E-state index contributed by atoms with van der Waals surface area (Å²) in [7, 11) is 0. The fourth-order valence-corrected chi connectivity index (χ4v) is 4.78. The van der Waals surface area contributed by atoms with Crippen molar-refractivity contribution in [3.05, 3.63) is 118 Å². The molecule has 0 saturated heterocycles. The standard InChI is InChI=1S/C30H27N3O3S2/c1-20-8-9-25(16-21(20)2)31-28(34)19-38-26-12-10-24(11-13-26)32-30(36)27(17-22-14-15-37-18-22)33-29(35)23-6-4-3-5-7-23/h3-18H,19H2,1-2H3,(H,31,34)(H,32,36)(H,33,35)/b27-17-. The summed E-state index contributed by atoms with van der Waals surface area (Å²) < 4.78 is 0. The molecule has 0 fully saturated rings. The molecule has 192 valence electrons. The van der Waals surface area contributed by atoms with Crippen molar-refractivity contribution in [1.29, 1.82) is 0 Å². The number of hydrogen-bond acceptors (Lipinski definition) is 5. The van der Waals surface area contributed by atoms with E-state index >= 15 is 0 Å². The number of thioether (sulfide) groups is 1. The summed E-state index contributed by atoms with van der Waals surface area (Å²) in [4.78, 5) is 39.0. The lowest BCUT2D eigenvalue weighted by Crippen LogP contribution is -2.30. The van der Waals surface area contributed by atoms with Crippen LogP contribution >= 0.6 is 23.1 Å². The molecule has 0 atom stereocenters. The summed E-state index contributed by atoms with van der Waals surface area (Å²) in [5.74, 6) is -0.632. The molecule has 0 spiro atoms. The largest absolute Gasteiger partial charge is 0.325 e. The molecule has 0 aliphatic heterocycles. The number of anilines is 2. The van der Waals surface area contributed by atoms with E-state index in [0.717, 1.165) is 21.7 Å². The van der Waals surface area contributed by atoms with Crippen LogP contribution < -0.4 is 16.0 Å². The van der Waals surface area contributed by atoms with Gasteiger partial charge in [-0.3, -0.25) is 14.4 Å². The van der Waals surface area contributed by atoms with Crippen molar-refractivity contribution >= 4 is 58.3 Å². The number of amides is 3. The van der Waals surface area contributed by atoms with Gasteiger partial charge in [-0.05, 0) is 102 Å². The van der Waals surface area contributed by atoms with Crippen LogP contribution in [0.5, 0.6) is 0 Å². The molecule has 1 aromatic heterocycles. The summed E-state index contributed by atoms with van der Waals surface area (Å²) in [6, 6.07) is 23.7. The predicted molar refractivity (Wildman–Crippen MR) is 157 cm³/mol. The zero-order valence-corrected chi connectivity index (χ0v) is 22.6. The van der Waals surface area contributed by atoms with E-state index in [9.17, 15) is 14.4 Å². The Morgan fingerprint density at radius 2 is 1.58 bits per heavy atom. The summed E-state index contributed by atoms with van der Waals surface area (Å²) in [6.07, 6.45) is 1.64. The average Bonchev–Trinajstić information content (AvgIpc) is 3.44. The van der Waals surface area contributed by atoms with Gasteiger partial charge in [-0.25, -0.2) is 0 Å². The maximum Gasteiger partial charge on any atom is 0.272 e. The normalized spacial score (nSPS) is 11.1. The van der Waals surface area contributed by atoms with Crippen LogP contribution in [0, 0.1) is 13.8 Å². The van der Waals surface area contributed by atoms with E-state index in [1.54, 1.807) is 42.5 Å².